The highest BCUT2D eigenvalue weighted by atomic mass is 32.2. The van der Waals surface area contributed by atoms with Crippen molar-refractivity contribution in [2.24, 2.45) is 5.92 Å². The van der Waals surface area contributed by atoms with Crippen molar-refractivity contribution in [3.8, 4) is 11.5 Å². The number of hydrogen-bond donors (Lipinski definition) is 1. The molecule has 2 amide bonds. The maximum Gasteiger partial charge on any atom is 0.253 e. The summed E-state index contributed by atoms with van der Waals surface area (Å²) in [6.45, 7) is 8.23. The van der Waals surface area contributed by atoms with E-state index < -0.39 is 0 Å². The first-order chi connectivity index (χ1) is 15.9. The summed E-state index contributed by atoms with van der Waals surface area (Å²) in [5.41, 5.74) is 3.02. The number of nitrogens with zero attached hydrogens (tertiary/aromatic N) is 1. The number of aryl methyl sites for hydroxylation is 1. The van der Waals surface area contributed by atoms with Crippen LogP contribution in [0.25, 0.3) is 6.08 Å². The number of benzene rings is 2. The van der Waals surface area contributed by atoms with Gasteiger partial charge in [-0.05, 0) is 60.4 Å². The van der Waals surface area contributed by atoms with E-state index in [1.54, 1.807) is 25.3 Å². The lowest BCUT2D eigenvalue weighted by Crippen LogP contribution is -2.37. The molecular formula is C26H32N2O4S. The molecule has 0 unspecified atom stereocenters. The monoisotopic (exact) mass is 468 g/mol. The van der Waals surface area contributed by atoms with Gasteiger partial charge in [0.1, 0.15) is 0 Å². The van der Waals surface area contributed by atoms with Crippen LogP contribution >= 0.6 is 11.8 Å². The van der Waals surface area contributed by atoms with Crippen LogP contribution in [0.2, 0.25) is 0 Å². The second-order valence-corrected chi connectivity index (χ2v) is 9.60. The van der Waals surface area contributed by atoms with E-state index in [2.05, 4.69) is 19.2 Å². The molecule has 1 heterocycles. The minimum atomic E-state index is -0.246. The molecule has 1 saturated heterocycles. The Bertz CT molecular complexity index is 1010. The quantitative estimate of drug-likeness (QED) is 0.560. The Balaban J connectivity index is 1.62. The van der Waals surface area contributed by atoms with E-state index in [1.165, 1.54) is 6.08 Å². The highest BCUT2D eigenvalue weighted by molar-refractivity contribution is 7.99. The van der Waals surface area contributed by atoms with Gasteiger partial charge in [-0.15, -0.1) is 0 Å². The SMILES string of the molecule is COc1cc(/C=C/C(=O)Nc2ccc(C(=O)N3CCSCC3)cc2C)ccc1OCC(C)C. The second-order valence-electron chi connectivity index (χ2n) is 8.37. The smallest absolute Gasteiger partial charge is 0.253 e. The minimum Gasteiger partial charge on any atom is -0.493 e. The molecule has 0 saturated carbocycles. The van der Waals surface area contributed by atoms with Crippen molar-refractivity contribution in [1.82, 2.24) is 4.90 Å². The van der Waals surface area contributed by atoms with Gasteiger partial charge in [0, 0.05) is 41.9 Å². The summed E-state index contributed by atoms with van der Waals surface area (Å²) in [5, 5.41) is 2.89. The summed E-state index contributed by atoms with van der Waals surface area (Å²) in [4.78, 5) is 27.1. The summed E-state index contributed by atoms with van der Waals surface area (Å²) in [6.07, 6.45) is 3.21. The van der Waals surface area contributed by atoms with Gasteiger partial charge in [-0.3, -0.25) is 9.59 Å². The summed E-state index contributed by atoms with van der Waals surface area (Å²) in [6, 6.07) is 11.0. The predicted octanol–water partition coefficient (Wildman–Crippen LogP) is 4.88. The molecule has 1 fully saturated rings. The zero-order chi connectivity index (χ0) is 23.8. The van der Waals surface area contributed by atoms with Crippen molar-refractivity contribution in [3.63, 3.8) is 0 Å². The van der Waals surface area contributed by atoms with E-state index in [0.29, 0.717) is 35.3 Å². The third-order valence-electron chi connectivity index (χ3n) is 5.22. The van der Waals surface area contributed by atoms with E-state index >= 15 is 0 Å². The highest BCUT2D eigenvalue weighted by Gasteiger charge is 2.19. The fourth-order valence-electron chi connectivity index (χ4n) is 3.40. The fourth-order valence-corrected chi connectivity index (χ4v) is 4.30. The number of rotatable bonds is 8. The van der Waals surface area contributed by atoms with Crippen LogP contribution in [0.5, 0.6) is 11.5 Å². The predicted molar refractivity (Wildman–Crippen MR) is 135 cm³/mol. The molecule has 3 rings (SSSR count). The van der Waals surface area contributed by atoms with Crippen LogP contribution in [-0.2, 0) is 4.79 Å². The Morgan fingerprint density at radius 1 is 1.12 bits per heavy atom. The van der Waals surface area contributed by atoms with Crippen LogP contribution in [-0.4, -0.2) is 55.0 Å². The Morgan fingerprint density at radius 2 is 1.88 bits per heavy atom. The topological polar surface area (TPSA) is 67.9 Å². The number of ether oxygens (including phenoxy) is 2. The normalized spacial score (nSPS) is 13.9. The first-order valence-corrected chi connectivity index (χ1v) is 12.3. The van der Waals surface area contributed by atoms with Crippen LogP contribution in [0.3, 0.4) is 0 Å². The van der Waals surface area contributed by atoms with Crippen LogP contribution in [0.1, 0.15) is 35.3 Å². The van der Waals surface area contributed by atoms with Gasteiger partial charge in [0.2, 0.25) is 5.91 Å². The van der Waals surface area contributed by atoms with Gasteiger partial charge < -0.3 is 19.7 Å². The van der Waals surface area contributed by atoms with Crippen LogP contribution in [0, 0.1) is 12.8 Å². The van der Waals surface area contributed by atoms with Crippen LogP contribution in [0.4, 0.5) is 5.69 Å². The molecule has 176 valence electrons. The molecule has 0 radical (unpaired) electrons. The van der Waals surface area contributed by atoms with Crippen molar-refractivity contribution in [2.45, 2.75) is 20.8 Å². The number of thioether (sulfide) groups is 1. The summed E-state index contributed by atoms with van der Waals surface area (Å²) in [7, 11) is 1.60. The Labute approximate surface area is 200 Å². The van der Waals surface area contributed by atoms with Gasteiger partial charge in [0.25, 0.3) is 5.91 Å². The number of amides is 2. The molecule has 2 aromatic rings. The molecule has 0 atom stereocenters. The van der Waals surface area contributed by atoms with Crippen molar-refractivity contribution in [1.29, 1.82) is 0 Å². The Morgan fingerprint density at radius 3 is 2.55 bits per heavy atom. The number of carbonyl (C=O) groups is 2. The van der Waals surface area contributed by atoms with E-state index in [1.807, 2.05) is 47.9 Å². The van der Waals surface area contributed by atoms with Crippen molar-refractivity contribution in [2.75, 3.05) is 43.6 Å². The molecule has 33 heavy (non-hydrogen) atoms. The lowest BCUT2D eigenvalue weighted by Gasteiger charge is -2.26. The number of anilines is 1. The largest absolute Gasteiger partial charge is 0.493 e. The lowest BCUT2D eigenvalue weighted by molar-refractivity contribution is -0.111. The van der Waals surface area contributed by atoms with Gasteiger partial charge in [-0.25, -0.2) is 0 Å². The molecule has 2 aromatic carbocycles. The van der Waals surface area contributed by atoms with Gasteiger partial charge in [-0.1, -0.05) is 19.9 Å². The summed E-state index contributed by atoms with van der Waals surface area (Å²) >= 11 is 1.87. The molecule has 0 aromatic heterocycles. The minimum absolute atomic E-state index is 0.0472. The maximum absolute atomic E-state index is 12.7. The molecule has 1 N–H and O–H groups in total. The fraction of sp³-hybridized carbons (Fsp3) is 0.385. The number of nitrogens with one attached hydrogen (secondary N) is 1. The molecular weight excluding hydrogens is 436 g/mol. The lowest BCUT2D eigenvalue weighted by atomic mass is 10.1. The Hall–Kier alpha value is -2.93. The van der Waals surface area contributed by atoms with Crippen LogP contribution in [0.15, 0.2) is 42.5 Å². The van der Waals surface area contributed by atoms with Gasteiger partial charge >= 0.3 is 0 Å². The van der Waals surface area contributed by atoms with Crippen molar-refractivity contribution >= 4 is 35.3 Å². The molecule has 1 aliphatic heterocycles. The average Bonchev–Trinajstić information content (AvgIpc) is 2.82. The molecule has 0 aliphatic carbocycles. The van der Waals surface area contributed by atoms with E-state index in [0.717, 1.165) is 35.7 Å². The molecule has 1 aliphatic rings. The van der Waals surface area contributed by atoms with Gasteiger partial charge in [0.15, 0.2) is 11.5 Å². The van der Waals surface area contributed by atoms with Crippen molar-refractivity contribution < 1.29 is 19.1 Å². The summed E-state index contributed by atoms with van der Waals surface area (Å²) in [5.74, 6) is 3.48. The van der Waals surface area contributed by atoms with Gasteiger partial charge in [0.05, 0.1) is 13.7 Å². The second kappa shape index (κ2) is 11.8. The molecule has 0 bridgehead atoms. The number of hydrogen-bond acceptors (Lipinski definition) is 5. The standard InChI is InChI=1S/C26H32N2O4S/c1-18(2)17-32-23-9-5-20(16-24(23)31-4)6-10-25(29)27-22-8-7-21(15-19(22)3)26(30)28-11-13-33-14-12-28/h5-10,15-16,18H,11-14,17H2,1-4H3,(H,27,29)/b10-6+. The highest BCUT2D eigenvalue weighted by Crippen LogP contribution is 2.29. The van der Waals surface area contributed by atoms with E-state index in [-0.39, 0.29) is 11.8 Å². The molecule has 6 nitrogen and oxygen atoms in total. The Kier molecular flexibility index (Phi) is 8.83. The number of carbonyl (C=O) groups excluding carboxylic acids is 2. The molecule has 7 heteroatoms. The zero-order valence-corrected chi connectivity index (χ0v) is 20.5. The first kappa shape index (κ1) is 24.7. The third kappa shape index (κ3) is 7.02. The zero-order valence-electron chi connectivity index (χ0n) is 19.7. The third-order valence-corrected chi connectivity index (χ3v) is 6.16. The molecule has 0 spiro atoms. The first-order valence-electron chi connectivity index (χ1n) is 11.1. The average molecular weight is 469 g/mol. The number of methoxy groups -OCH3 is 1. The van der Waals surface area contributed by atoms with E-state index in [4.69, 9.17) is 9.47 Å². The summed E-state index contributed by atoms with van der Waals surface area (Å²) < 4.78 is 11.2. The van der Waals surface area contributed by atoms with Crippen molar-refractivity contribution in [3.05, 3.63) is 59.2 Å². The maximum atomic E-state index is 12.7. The van der Waals surface area contributed by atoms with Gasteiger partial charge in [-0.2, -0.15) is 11.8 Å². The van der Waals surface area contributed by atoms with Crippen LogP contribution < -0.4 is 14.8 Å². The van der Waals surface area contributed by atoms with E-state index in [9.17, 15) is 9.59 Å².